The lowest BCUT2D eigenvalue weighted by Gasteiger charge is -2.23. The van der Waals surface area contributed by atoms with Gasteiger partial charge >= 0.3 is 0 Å². The van der Waals surface area contributed by atoms with Gasteiger partial charge in [-0.25, -0.2) is 13.4 Å². The summed E-state index contributed by atoms with van der Waals surface area (Å²) in [6.07, 6.45) is 11.2. The average molecular weight is 533 g/mol. The summed E-state index contributed by atoms with van der Waals surface area (Å²) in [6, 6.07) is 11.5. The number of carbonyl (C=O) groups excluding carboxylic acids is 1. The number of nitrogens with zero attached hydrogens (tertiary/aromatic N) is 2. The highest BCUT2D eigenvalue weighted by Gasteiger charge is 2.43. The fourth-order valence-electron chi connectivity index (χ4n) is 6.77. The Morgan fingerprint density at radius 2 is 2.03 bits per heavy atom. The van der Waals surface area contributed by atoms with Crippen LogP contribution in [0.1, 0.15) is 85.1 Å². The van der Waals surface area contributed by atoms with Crippen LogP contribution >= 0.6 is 0 Å². The van der Waals surface area contributed by atoms with Crippen LogP contribution in [0, 0.1) is 5.41 Å². The van der Waals surface area contributed by atoms with Gasteiger partial charge in [0.15, 0.2) is 0 Å². The van der Waals surface area contributed by atoms with Gasteiger partial charge in [-0.05, 0) is 98.2 Å². The number of rotatable bonds is 7. The molecule has 0 radical (unpaired) electrons. The van der Waals surface area contributed by atoms with Crippen LogP contribution in [0.5, 0.6) is 0 Å². The summed E-state index contributed by atoms with van der Waals surface area (Å²) >= 11 is 0. The second-order valence-corrected chi connectivity index (χ2v) is 13.3. The molecule has 1 amide bonds. The van der Waals surface area contributed by atoms with Crippen LogP contribution in [0.15, 0.2) is 42.5 Å². The largest absolute Gasteiger partial charge is 0.395 e. The number of para-hydroxylation sites is 1. The van der Waals surface area contributed by atoms with E-state index in [4.69, 9.17) is 10.1 Å². The minimum absolute atomic E-state index is 0.235. The van der Waals surface area contributed by atoms with E-state index in [0.29, 0.717) is 34.3 Å². The van der Waals surface area contributed by atoms with Crippen LogP contribution in [-0.4, -0.2) is 41.3 Å². The second kappa shape index (κ2) is 8.68. The zero-order valence-electron chi connectivity index (χ0n) is 21.2. The number of sulfonamides is 1. The van der Waals surface area contributed by atoms with Crippen LogP contribution in [0.25, 0.3) is 16.6 Å². The Hall–Kier alpha value is -3.17. The highest BCUT2D eigenvalue weighted by atomic mass is 32.2. The number of aliphatic hydroxyl groups is 1. The second-order valence-electron chi connectivity index (χ2n) is 11.5. The lowest BCUT2D eigenvalue weighted by molar-refractivity contribution is 0.102. The Kier molecular flexibility index (Phi) is 5.46. The summed E-state index contributed by atoms with van der Waals surface area (Å²) in [5.41, 5.74) is 5.76. The standard InChI is InChI=1S/C29H32N4O4S/c34-14-15-38(36,37)32-20-5-7-22(23(17-20)18-8-10-29(11-9-18)12-13-29)28(35)30-24-2-1-3-25-26(24)31-27-19-4-6-21(16-19)33(25)27/h1-3,5,7-8,17,19,21,32,34H,4,6,9-16H2,(H,30,35)/t19-,21-/m0/s1. The number of aromatic nitrogens is 2. The molecule has 2 atom stereocenters. The van der Waals surface area contributed by atoms with Gasteiger partial charge in [0.1, 0.15) is 11.3 Å². The van der Waals surface area contributed by atoms with Crippen LogP contribution in [0.4, 0.5) is 11.4 Å². The van der Waals surface area contributed by atoms with Crippen molar-refractivity contribution < 1.29 is 18.3 Å². The molecule has 1 aliphatic heterocycles. The van der Waals surface area contributed by atoms with Gasteiger partial charge in [0.25, 0.3) is 5.91 Å². The van der Waals surface area contributed by atoms with E-state index in [1.165, 1.54) is 32.1 Å². The number of nitrogens with one attached hydrogen (secondary N) is 2. The minimum Gasteiger partial charge on any atom is -0.395 e. The van der Waals surface area contributed by atoms with Gasteiger partial charge in [0, 0.05) is 23.2 Å². The quantitative estimate of drug-likeness (QED) is 0.387. The molecule has 0 unspecified atom stereocenters. The van der Waals surface area contributed by atoms with Crippen LogP contribution in [0.3, 0.4) is 0 Å². The number of anilines is 2. The SMILES string of the molecule is O=C(Nc1cccc2c1nc1n2[C@H]2CC[C@H]1C2)c1ccc(NS(=O)(=O)CCO)cc1C1=CCC2(CC1)CC2. The molecule has 1 aromatic heterocycles. The van der Waals surface area contributed by atoms with Gasteiger partial charge in [-0.15, -0.1) is 0 Å². The summed E-state index contributed by atoms with van der Waals surface area (Å²) in [4.78, 5) is 18.7. The number of benzene rings is 2. The Morgan fingerprint density at radius 3 is 2.79 bits per heavy atom. The molecule has 3 N–H and O–H groups in total. The molecular weight excluding hydrogens is 500 g/mol. The lowest BCUT2D eigenvalue weighted by Crippen LogP contribution is -2.20. The Labute approximate surface area is 222 Å². The van der Waals surface area contributed by atoms with Gasteiger partial charge < -0.3 is 15.0 Å². The van der Waals surface area contributed by atoms with Gasteiger partial charge in [-0.1, -0.05) is 12.1 Å². The number of hydrogen-bond donors (Lipinski definition) is 3. The molecule has 2 aromatic carbocycles. The zero-order valence-corrected chi connectivity index (χ0v) is 22.1. The number of allylic oxidation sites excluding steroid dienone is 2. The molecule has 38 heavy (non-hydrogen) atoms. The fourth-order valence-corrected chi connectivity index (χ4v) is 7.59. The molecule has 4 aliphatic rings. The molecule has 198 valence electrons. The first-order valence-corrected chi connectivity index (χ1v) is 15.3. The smallest absolute Gasteiger partial charge is 0.256 e. The summed E-state index contributed by atoms with van der Waals surface area (Å²) in [5, 5.41) is 12.2. The van der Waals surface area contributed by atoms with E-state index in [-0.39, 0.29) is 11.7 Å². The number of aliphatic hydroxyl groups excluding tert-OH is 1. The maximum atomic E-state index is 13.7. The van der Waals surface area contributed by atoms with Crippen molar-refractivity contribution in [1.29, 1.82) is 0 Å². The number of carbonyl (C=O) groups is 1. The van der Waals surface area contributed by atoms with Crippen molar-refractivity contribution in [2.45, 2.75) is 63.3 Å². The summed E-state index contributed by atoms with van der Waals surface area (Å²) in [6.45, 7) is -0.458. The number of amides is 1. The van der Waals surface area contributed by atoms with Crippen molar-refractivity contribution in [3.8, 4) is 0 Å². The molecule has 2 bridgehead atoms. The predicted molar refractivity (Wildman–Crippen MR) is 148 cm³/mol. The number of fused-ring (bicyclic) bond motifs is 7. The third kappa shape index (κ3) is 4.03. The zero-order chi connectivity index (χ0) is 26.1. The van der Waals surface area contributed by atoms with Gasteiger partial charge in [-0.3, -0.25) is 9.52 Å². The Balaban J connectivity index is 1.23. The predicted octanol–water partition coefficient (Wildman–Crippen LogP) is 5.19. The van der Waals surface area contributed by atoms with E-state index in [0.717, 1.165) is 47.3 Å². The topological polar surface area (TPSA) is 113 Å². The van der Waals surface area contributed by atoms with Crippen molar-refractivity contribution in [2.75, 3.05) is 22.4 Å². The molecule has 2 heterocycles. The van der Waals surface area contributed by atoms with Gasteiger partial charge in [-0.2, -0.15) is 0 Å². The number of hydrogen-bond acceptors (Lipinski definition) is 5. The van der Waals surface area contributed by atoms with E-state index in [1.807, 2.05) is 12.1 Å². The van der Waals surface area contributed by atoms with Gasteiger partial charge in [0.05, 0.1) is 23.6 Å². The van der Waals surface area contributed by atoms with E-state index in [9.17, 15) is 13.2 Å². The lowest BCUT2D eigenvalue weighted by atomic mass is 9.83. The molecule has 3 aliphatic carbocycles. The molecule has 0 saturated heterocycles. The molecule has 1 spiro atoms. The molecule has 7 rings (SSSR count). The molecule has 2 fully saturated rings. The summed E-state index contributed by atoms with van der Waals surface area (Å²) in [7, 11) is -3.68. The van der Waals surface area contributed by atoms with Gasteiger partial charge in [0.2, 0.25) is 10.0 Å². The monoisotopic (exact) mass is 532 g/mol. The molecule has 2 saturated carbocycles. The fraction of sp³-hybridized carbons (Fsp3) is 0.448. The van der Waals surface area contributed by atoms with E-state index in [2.05, 4.69) is 26.7 Å². The van der Waals surface area contributed by atoms with Crippen molar-refractivity contribution in [1.82, 2.24) is 9.55 Å². The third-order valence-electron chi connectivity index (χ3n) is 9.04. The highest BCUT2D eigenvalue weighted by Crippen LogP contribution is 2.56. The maximum absolute atomic E-state index is 13.7. The molecule has 9 heteroatoms. The van der Waals surface area contributed by atoms with Crippen LogP contribution < -0.4 is 10.0 Å². The Bertz CT molecular complexity index is 1600. The first-order valence-electron chi connectivity index (χ1n) is 13.6. The normalized spacial score (nSPS) is 22.9. The number of imidazole rings is 1. The first-order chi connectivity index (χ1) is 18.3. The summed E-state index contributed by atoms with van der Waals surface area (Å²) < 4.78 is 29.5. The van der Waals surface area contributed by atoms with Crippen LogP contribution in [-0.2, 0) is 10.0 Å². The van der Waals surface area contributed by atoms with Crippen molar-refractivity contribution in [3.63, 3.8) is 0 Å². The maximum Gasteiger partial charge on any atom is 0.256 e. The first kappa shape index (κ1) is 23.9. The van der Waals surface area contributed by atoms with E-state index >= 15 is 0 Å². The molecular formula is C29H32N4O4S. The third-order valence-corrected chi connectivity index (χ3v) is 10.3. The van der Waals surface area contributed by atoms with Crippen molar-refractivity contribution in [2.24, 2.45) is 5.41 Å². The molecule has 3 aromatic rings. The summed E-state index contributed by atoms with van der Waals surface area (Å²) in [5.74, 6) is 1.04. The van der Waals surface area contributed by atoms with E-state index < -0.39 is 16.6 Å². The van der Waals surface area contributed by atoms with Crippen LogP contribution in [0.2, 0.25) is 0 Å². The van der Waals surface area contributed by atoms with Crippen molar-refractivity contribution >= 4 is 43.9 Å². The average Bonchev–Trinajstić information content (AvgIpc) is 3.23. The Morgan fingerprint density at radius 1 is 1.16 bits per heavy atom. The minimum atomic E-state index is -3.68. The molecule has 8 nitrogen and oxygen atoms in total. The van der Waals surface area contributed by atoms with Crippen molar-refractivity contribution in [3.05, 3.63) is 59.4 Å². The highest BCUT2D eigenvalue weighted by molar-refractivity contribution is 7.92. The van der Waals surface area contributed by atoms with E-state index in [1.54, 1.807) is 18.2 Å².